The molecule has 0 amide bonds. The summed E-state index contributed by atoms with van der Waals surface area (Å²) in [6.07, 6.45) is 2.12. The lowest BCUT2D eigenvalue weighted by molar-refractivity contribution is 0.233. The average molecular weight is 193 g/mol. The standard InChI is InChI=1S/C10H15N3O/c1-2-4-8-5-3-6-9(7-8)12-10(11)13-14/h3,5-7,14H,2,4H2,1H3,(H3,11,12,13). The predicted octanol–water partition coefficient (Wildman–Crippen LogP) is 1.56. The zero-order valence-electron chi connectivity index (χ0n) is 8.20. The molecule has 0 spiro atoms. The number of aliphatic imine (C=N–C) groups is 1. The summed E-state index contributed by atoms with van der Waals surface area (Å²) in [5.41, 5.74) is 9.08. The molecule has 4 heteroatoms. The number of aryl methyl sites for hydroxylation is 1. The number of rotatable bonds is 3. The Morgan fingerprint density at radius 1 is 1.57 bits per heavy atom. The van der Waals surface area contributed by atoms with E-state index in [1.165, 1.54) is 5.56 Å². The number of hydroxylamine groups is 1. The van der Waals surface area contributed by atoms with Crippen molar-refractivity contribution in [1.29, 1.82) is 0 Å². The van der Waals surface area contributed by atoms with Crippen molar-refractivity contribution in [2.45, 2.75) is 19.8 Å². The summed E-state index contributed by atoms with van der Waals surface area (Å²) in [7, 11) is 0. The van der Waals surface area contributed by atoms with E-state index in [-0.39, 0.29) is 5.96 Å². The van der Waals surface area contributed by atoms with Crippen LogP contribution in [0.5, 0.6) is 0 Å². The van der Waals surface area contributed by atoms with Gasteiger partial charge in [-0.3, -0.25) is 5.21 Å². The lowest BCUT2D eigenvalue weighted by Gasteiger charge is -2.01. The highest BCUT2D eigenvalue weighted by Gasteiger charge is 1.94. The van der Waals surface area contributed by atoms with Gasteiger partial charge in [0.1, 0.15) is 0 Å². The van der Waals surface area contributed by atoms with Crippen LogP contribution in [-0.2, 0) is 6.42 Å². The van der Waals surface area contributed by atoms with E-state index in [0.29, 0.717) is 0 Å². The fourth-order valence-electron chi connectivity index (χ4n) is 1.23. The molecule has 0 bridgehead atoms. The first-order chi connectivity index (χ1) is 6.76. The van der Waals surface area contributed by atoms with Crippen molar-refractivity contribution >= 4 is 11.6 Å². The summed E-state index contributed by atoms with van der Waals surface area (Å²) in [6, 6.07) is 7.76. The van der Waals surface area contributed by atoms with Gasteiger partial charge in [-0.05, 0) is 24.1 Å². The largest absolute Gasteiger partial charge is 0.368 e. The van der Waals surface area contributed by atoms with Crippen LogP contribution in [0.1, 0.15) is 18.9 Å². The minimum absolute atomic E-state index is 0.00125. The van der Waals surface area contributed by atoms with Gasteiger partial charge in [0.2, 0.25) is 5.96 Å². The number of nitrogens with two attached hydrogens (primary N) is 1. The van der Waals surface area contributed by atoms with Gasteiger partial charge in [-0.2, -0.15) is 0 Å². The van der Waals surface area contributed by atoms with E-state index in [0.717, 1.165) is 18.5 Å². The van der Waals surface area contributed by atoms with Gasteiger partial charge in [0.05, 0.1) is 5.69 Å². The molecule has 14 heavy (non-hydrogen) atoms. The van der Waals surface area contributed by atoms with Crippen LogP contribution in [0.4, 0.5) is 5.69 Å². The summed E-state index contributed by atoms with van der Waals surface area (Å²) in [4.78, 5) is 3.95. The third-order valence-corrected chi connectivity index (χ3v) is 1.81. The van der Waals surface area contributed by atoms with E-state index in [9.17, 15) is 0 Å². The number of hydrogen-bond acceptors (Lipinski definition) is 2. The van der Waals surface area contributed by atoms with Gasteiger partial charge < -0.3 is 5.73 Å². The van der Waals surface area contributed by atoms with Crippen molar-refractivity contribution in [2.24, 2.45) is 10.7 Å². The highest BCUT2D eigenvalue weighted by molar-refractivity contribution is 5.79. The van der Waals surface area contributed by atoms with Crippen molar-refractivity contribution in [3.8, 4) is 0 Å². The van der Waals surface area contributed by atoms with Gasteiger partial charge >= 0.3 is 0 Å². The van der Waals surface area contributed by atoms with Crippen LogP contribution >= 0.6 is 0 Å². The molecule has 0 fully saturated rings. The molecule has 0 aliphatic carbocycles. The molecule has 0 aliphatic rings. The summed E-state index contributed by atoms with van der Waals surface area (Å²) < 4.78 is 0. The Balaban J connectivity index is 2.83. The molecule has 0 atom stereocenters. The predicted molar refractivity (Wildman–Crippen MR) is 56.6 cm³/mol. The molecular formula is C10H15N3O. The maximum absolute atomic E-state index is 8.46. The molecule has 4 nitrogen and oxygen atoms in total. The topological polar surface area (TPSA) is 70.6 Å². The number of benzene rings is 1. The SMILES string of the molecule is CCCc1cccc(N=C(N)NO)c1. The monoisotopic (exact) mass is 193 g/mol. The van der Waals surface area contributed by atoms with Crippen molar-refractivity contribution in [3.63, 3.8) is 0 Å². The van der Waals surface area contributed by atoms with Crippen LogP contribution in [0, 0.1) is 0 Å². The second-order valence-electron chi connectivity index (χ2n) is 3.03. The van der Waals surface area contributed by atoms with Crippen molar-refractivity contribution in [2.75, 3.05) is 0 Å². The zero-order chi connectivity index (χ0) is 10.4. The normalized spacial score (nSPS) is 11.4. The molecular weight excluding hydrogens is 178 g/mol. The molecule has 0 unspecified atom stereocenters. The van der Waals surface area contributed by atoms with Crippen LogP contribution in [0.3, 0.4) is 0 Å². The van der Waals surface area contributed by atoms with Gasteiger partial charge in [0.15, 0.2) is 0 Å². The third-order valence-electron chi connectivity index (χ3n) is 1.81. The molecule has 76 valence electrons. The highest BCUT2D eigenvalue weighted by atomic mass is 16.5. The summed E-state index contributed by atoms with van der Waals surface area (Å²) >= 11 is 0. The third kappa shape index (κ3) is 3.06. The fraction of sp³-hybridized carbons (Fsp3) is 0.300. The van der Waals surface area contributed by atoms with Crippen molar-refractivity contribution in [1.82, 2.24) is 5.48 Å². The van der Waals surface area contributed by atoms with E-state index >= 15 is 0 Å². The lowest BCUT2D eigenvalue weighted by atomic mass is 10.1. The number of nitrogens with zero attached hydrogens (tertiary/aromatic N) is 1. The van der Waals surface area contributed by atoms with E-state index in [1.807, 2.05) is 24.3 Å². The molecule has 0 aliphatic heterocycles. The number of nitrogens with one attached hydrogen (secondary N) is 1. The molecule has 4 N–H and O–H groups in total. The Bertz CT molecular complexity index is 323. The molecule has 0 saturated carbocycles. The van der Waals surface area contributed by atoms with Gasteiger partial charge in [-0.15, -0.1) is 0 Å². The Labute approximate surface area is 83.4 Å². The molecule has 1 rings (SSSR count). The van der Waals surface area contributed by atoms with Crippen LogP contribution in [0.2, 0.25) is 0 Å². The van der Waals surface area contributed by atoms with E-state index in [4.69, 9.17) is 10.9 Å². The first-order valence-electron chi connectivity index (χ1n) is 4.59. The Kier molecular flexibility index (Phi) is 3.94. The fourth-order valence-corrected chi connectivity index (χ4v) is 1.23. The van der Waals surface area contributed by atoms with E-state index < -0.39 is 0 Å². The number of guanidine groups is 1. The molecule has 0 saturated heterocycles. The number of hydrogen-bond donors (Lipinski definition) is 3. The molecule has 0 heterocycles. The van der Waals surface area contributed by atoms with Gasteiger partial charge in [0, 0.05) is 0 Å². The quantitative estimate of drug-likeness (QED) is 0.387. The van der Waals surface area contributed by atoms with Crippen LogP contribution < -0.4 is 11.2 Å². The zero-order valence-corrected chi connectivity index (χ0v) is 8.20. The average Bonchev–Trinajstić information content (AvgIpc) is 2.19. The molecule has 0 radical (unpaired) electrons. The summed E-state index contributed by atoms with van der Waals surface area (Å²) in [5, 5.41) is 8.46. The maximum Gasteiger partial charge on any atom is 0.218 e. The highest BCUT2D eigenvalue weighted by Crippen LogP contribution is 2.14. The lowest BCUT2D eigenvalue weighted by Crippen LogP contribution is -2.27. The Morgan fingerprint density at radius 2 is 2.36 bits per heavy atom. The molecule has 1 aromatic carbocycles. The molecule has 0 aromatic heterocycles. The Hall–Kier alpha value is -1.55. The first-order valence-corrected chi connectivity index (χ1v) is 4.59. The second-order valence-corrected chi connectivity index (χ2v) is 3.03. The van der Waals surface area contributed by atoms with E-state index in [1.54, 1.807) is 5.48 Å². The van der Waals surface area contributed by atoms with Crippen molar-refractivity contribution < 1.29 is 5.21 Å². The van der Waals surface area contributed by atoms with Gasteiger partial charge in [-0.25, -0.2) is 10.5 Å². The Morgan fingerprint density at radius 3 is 3.00 bits per heavy atom. The first kappa shape index (κ1) is 10.5. The van der Waals surface area contributed by atoms with E-state index in [2.05, 4.69) is 11.9 Å². The van der Waals surface area contributed by atoms with Crippen LogP contribution in [0.15, 0.2) is 29.3 Å². The minimum atomic E-state index is -0.00125. The van der Waals surface area contributed by atoms with Crippen LogP contribution in [0.25, 0.3) is 0 Å². The van der Waals surface area contributed by atoms with Crippen molar-refractivity contribution in [3.05, 3.63) is 29.8 Å². The maximum atomic E-state index is 8.46. The minimum Gasteiger partial charge on any atom is -0.368 e. The second kappa shape index (κ2) is 5.24. The van der Waals surface area contributed by atoms with Crippen LogP contribution in [-0.4, -0.2) is 11.2 Å². The van der Waals surface area contributed by atoms with Gasteiger partial charge in [0.25, 0.3) is 0 Å². The summed E-state index contributed by atoms with van der Waals surface area (Å²) in [6.45, 7) is 2.12. The summed E-state index contributed by atoms with van der Waals surface area (Å²) in [5.74, 6) is -0.00125. The van der Waals surface area contributed by atoms with Gasteiger partial charge in [-0.1, -0.05) is 25.5 Å². The smallest absolute Gasteiger partial charge is 0.218 e. The molecule has 1 aromatic rings.